The number of benzene rings is 1. The second-order valence-electron chi connectivity index (χ2n) is 7.27. The van der Waals surface area contributed by atoms with E-state index in [1.807, 2.05) is 24.3 Å². The first-order valence-corrected chi connectivity index (χ1v) is 10.2. The molecular formula is C21H30FN5O2. The molecule has 0 atom stereocenters. The molecule has 1 aromatic carbocycles. The Labute approximate surface area is 171 Å². The third-order valence-electron chi connectivity index (χ3n) is 5.08. The van der Waals surface area contributed by atoms with E-state index in [0.717, 1.165) is 56.5 Å². The van der Waals surface area contributed by atoms with Gasteiger partial charge in [-0.1, -0.05) is 19.1 Å². The fourth-order valence-corrected chi connectivity index (χ4v) is 3.38. The number of rotatable bonds is 10. The standard InChI is InChI=1S/C21H30FN5O2/c1-2-27(10-11-28)14-17-4-3-5-18(12-17)25-21-24-13-19(22)20(26-21)29-15-16-6-8-23-9-7-16/h3-5,12-13,16,23,28H,2,6-11,14-15H2,1H3,(H,24,25,26). The summed E-state index contributed by atoms with van der Waals surface area (Å²) in [7, 11) is 0. The van der Waals surface area contributed by atoms with Crippen LogP contribution in [0.4, 0.5) is 16.0 Å². The lowest BCUT2D eigenvalue weighted by Crippen LogP contribution is -2.30. The van der Waals surface area contributed by atoms with E-state index >= 15 is 0 Å². The number of nitrogens with one attached hydrogen (secondary N) is 2. The molecule has 0 spiro atoms. The van der Waals surface area contributed by atoms with Crippen molar-refractivity contribution in [3.8, 4) is 5.88 Å². The molecule has 7 nitrogen and oxygen atoms in total. The maximum absolute atomic E-state index is 14.1. The van der Waals surface area contributed by atoms with Crippen LogP contribution >= 0.6 is 0 Å². The first kappa shape index (κ1) is 21.4. The number of ether oxygens (including phenoxy) is 1. The van der Waals surface area contributed by atoms with Crippen molar-refractivity contribution in [2.45, 2.75) is 26.3 Å². The number of aromatic nitrogens is 2. The van der Waals surface area contributed by atoms with E-state index in [1.54, 1.807) is 0 Å². The Morgan fingerprint density at radius 2 is 2.17 bits per heavy atom. The summed E-state index contributed by atoms with van der Waals surface area (Å²) in [6, 6.07) is 7.89. The number of hydrogen-bond donors (Lipinski definition) is 3. The van der Waals surface area contributed by atoms with Gasteiger partial charge < -0.3 is 20.5 Å². The normalized spacial score (nSPS) is 14.9. The van der Waals surface area contributed by atoms with Gasteiger partial charge in [0.1, 0.15) is 0 Å². The Balaban J connectivity index is 1.63. The van der Waals surface area contributed by atoms with Crippen LogP contribution in [0.15, 0.2) is 30.5 Å². The molecule has 3 N–H and O–H groups in total. The van der Waals surface area contributed by atoms with Gasteiger partial charge in [-0.25, -0.2) is 4.98 Å². The Kier molecular flexibility index (Phi) is 8.15. The monoisotopic (exact) mass is 403 g/mol. The second-order valence-corrected chi connectivity index (χ2v) is 7.27. The number of nitrogens with zero attached hydrogens (tertiary/aromatic N) is 3. The molecule has 2 aromatic rings. The lowest BCUT2D eigenvalue weighted by atomic mass is 9.99. The van der Waals surface area contributed by atoms with E-state index in [9.17, 15) is 4.39 Å². The quantitative estimate of drug-likeness (QED) is 0.562. The van der Waals surface area contributed by atoms with Crippen LogP contribution < -0.4 is 15.4 Å². The number of aliphatic hydroxyl groups is 1. The molecule has 0 amide bonds. The molecule has 0 bridgehead atoms. The van der Waals surface area contributed by atoms with Crippen LogP contribution in [0.2, 0.25) is 0 Å². The zero-order valence-corrected chi connectivity index (χ0v) is 16.9. The van der Waals surface area contributed by atoms with Gasteiger partial charge in [0.2, 0.25) is 11.8 Å². The number of hydrogen-bond acceptors (Lipinski definition) is 7. The maximum atomic E-state index is 14.1. The predicted molar refractivity (Wildman–Crippen MR) is 111 cm³/mol. The summed E-state index contributed by atoms with van der Waals surface area (Å²) in [6.45, 7) is 6.83. The minimum absolute atomic E-state index is 0.0164. The predicted octanol–water partition coefficient (Wildman–Crippen LogP) is 2.55. The zero-order valence-electron chi connectivity index (χ0n) is 16.9. The molecule has 1 aliphatic rings. The van der Waals surface area contributed by atoms with Crippen LogP contribution in [0.5, 0.6) is 5.88 Å². The summed E-state index contributed by atoms with van der Waals surface area (Å²) in [4.78, 5) is 10.4. The van der Waals surface area contributed by atoms with Crippen molar-refractivity contribution in [2.75, 3.05) is 44.7 Å². The van der Waals surface area contributed by atoms with Crippen LogP contribution in [0.25, 0.3) is 0 Å². The van der Waals surface area contributed by atoms with E-state index in [2.05, 4.69) is 32.4 Å². The van der Waals surface area contributed by atoms with Crippen molar-refractivity contribution in [2.24, 2.45) is 5.92 Å². The fourth-order valence-electron chi connectivity index (χ4n) is 3.38. The summed E-state index contributed by atoms with van der Waals surface area (Å²) in [5.41, 5.74) is 1.92. The molecule has 1 aromatic heterocycles. The molecule has 1 fully saturated rings. The molecule has 158 valence electrons. The van der Waals surface area contributed by atoms with Crippen LogP contribution in [-0.2, 0) is 6.54 Å². The molecule has 1 saturated heterocycles. The van der Waals surface area contributed by atoms with E-state index in [1.165, 1.54) is 0 Å². The minimum atomic E-state index is -0.555. The van der Waals surface area contributed by atoms with Crippen LogP contribution in [0.1, 0.15) is 25.3 Å². The highest BCUT2D eigenvalue weighted by atomic mass is 19.1. The van der Waals surface area contributed by atoms with Crippen LogP contribution in [0.3, 0.4) is 0 Å². The van der Waals surface area contributed by atoms with Crippen molar-refractivity contribution >= 4 is 11.6 Å². The van der Waals surface area contributed by atoms with Gasteiger partial charge in [0.25, 0.3) is 5.88 Å². The molecular weight excluding hydrogens is 373 g/mol. The van der Waals surface area contributed by atoms with E-state index in [4.69, 9.17) is 9.84 Å². The summed E-state index contributed by atoms with van der Waals surface area (Å²) in [5.74, 6) is 0.142. The molecule has 0 radical (unpaired) electrons. The highest BCUT2D eigenvalue weighted by Gasteiger charge is 2.16. The number of aliphatic hydroxyl groups excluding tert-OH is 1. The first-order chi connectivity index (χ1) is 14.2. The topological polar surface area (TPSA) is 82.5 Å². The summed E-state index contributed by atoms with van der Waals surface area (Å²) < 4.78 is 19.7. The summed E-state index contributed by atoms with van der Waals surface area (Å²) in [5, 5.41) is 15.6. The Bertz CT molecular complexity index is 770. The number of anilines is 2. The molecule has 0 saturated carbocycles. The Morgan fingerprint density at radius 1 is 1.34 bits per heavy atom. The molecule has 1 aliphatic heterocycles. The zero-order chi connectivity index (χ0) is 20.5. The highest BCUT2D eigenvalue weighted by Crippen LogP contribution is 2.21. The van der Waals surface area contributed by atoms with E-state index in [0.29, 0.717) is 25.0 Å². The average molecular weight is 404 g/mol. The van der Waals surface area contributed by atoms with E-state index < -0.39 is 5.82 Å². The SMILES string of the molecule is CCN(CCO)Cc1cccc(Nc2ncc(F)c(OCC3CCNCC3)n2)c1. The van der Waals surface area contributed by atoms with Crippen molar-refractivity contribution in [1.82, 2.24) is 20.2 Å². The largest absolute Gasteiger partial charge is 0.475 e. The molecule has 0 aliphatic carbocycles. The molecule has 29 heavy (non-hydrogen) atoms. The average Bonchev–Trinajstić information content (AvgIpc) is 2.75. The van der Waals surface area contributed by atoms with Gasteiger partial charge >= 0.3 is 0 Å². The van der Waals surface area contributed by atoms with Gasteiger partial charge in [0.15, 0.2) is 0 Å². The number of halogens is 1. The number of likely N-dealkylation sites (N-methyl/N-ethyl adjacent to an activating group) is 1. The lowest BCUT2D eigenvalue weighted by Gasteiger charge is -2.22. The lowest BCUT2D eigenvalue weighted by molar-refractivity contribution is 0.197. The highest BCUT2D eigenvalue weighted by molar-refractivity contribution is 5.54. The van der Waals surface area contributed by atoms with Gasteiger partial charge in [-0.15, -0.1) is 0 Å². The van der Waals surface area contributed by atoms with Crippen molar-refractivity contribution in [3.63, 3.8) is 0 Å². The minimum Gasteiger partial charge on any atom is -0.475 e. The molecule has 2 heterocycles. The van der Waals surface area contributed by atoms with Crippen molar-refractivity contribution in [3.05, 3.63) is 41.8 Å². The molecule has 8 heteroatoms. The maximum Gasteiger partial charge on any atom is 0.255 e. The van der Waals surface area contributed by atoms with Gasteiger partial charge in [-0.3, -0.25) is 4.90 Å². The fraction of sp³-hybridized carbons (Fsp3) is 0.524. The van der Waals surface area contributed by atoms with Gasteiger partial charge in [-0.2, -0.15) is 9.37 Å². The van der Waals surface area contributed by atoms with Gasteiger partial charge in [0, 0.05) is 18.8 Å². The molecule has 3 rings (SSSR count). The Hall–Kier alpha value is -2.29. The number of piperidine rings is 1. The third-order valence-corrected chi connectivity index (χ3v) is 5.08. The molecule has 0 unspecified atom stereocenters. The second kappa shape index (κ2) is 11.0. The van der Waals surface area contributed by atoms with Gasteiger partial charge in [-0.05, 0) is 56.1 Å². The first-order valence-electron chi connectivity index (χ1n) is 10.2. The van der Waals surface area contributed by atoms with Crippen molar-refractivity contribution in [1.29, 1.82) is 0 Å². The summed E-state index contributed by atoms with van der Waals surface area (Å²) >= 11 is 0. The third kappa shape index (κ3) is 6.62. The Morgan fingerprint density at radius 3 is 2.93 bits per heavy atom. The van der Waals surface area contributed by atoms with Crippen LogP contribution in [0, 0.1) is 11.7 Å². The van der Waals surface area contributed by atoms with E-state index in [-0.39, 0.29) is 12.5 Å². The van der Waals surface area contributed by atoms with Crippen LogP contribution in [-0.4, -0.2) is 59.4 Å². The smallest absolute Gasteiger partial charge is 0.255 e. The van der Waals surface area contributed by atoms with Gasteiger partial charge in [0.05, 0.1) is 19.4 Å². The van der Waals surface area contributed by atoms with Crippen molar-refractivity contribution < 1.29 is 14.2 Å². The summed E-state index contributed by atoms with van der Waals surface area (Å²) in [6.07, 6.45) is 3.18.